The van der Waals surface area contributed by atoms with Crippen LogP contribution in [0.2, 0.25) is 0 Å². The molecule has 0 aliphatic heterocycles. The molecule has 2 aromatic rings. The molecule has 0 aromatic heterocycles. The third-order valence-corrected chi connectivity index (χ3v) is 4.33. The van der Waals surface area contributed by atoms with Gasteiger partial charge in [0.15, 0.2) is 5.84 Å². The molecule has 138 valence electrons. The number of nitrogens with zero attached hydrogens (tertiary/aromatic N) is 2. The normalized spacial score (nSPS) is 11.7. The number of rotatable bonds is 6. The summed E-state index contributed by atoms with van der Waals surface area (Å²) in [6.45, 7) is 5.66. The second-order valence-corrected chi connectivity index (χ2v) is 6.52. The number of halogens is 1. The van der Waals surface area contributed by atoms with Crippen LogP contribution >= 0.6 is 0 Å². The van der Waals surface area contributed by atoms with E-state index in [-0.39, 0.29) is 16.9 Å². The van der Waals surface area contributed by atoms with Crippen LogP contribution in [-0.2, 0) is 19.0 Å². The van der Waals surface area contributed by atoms with Crippen molar-refractivity contribution in [3.63, 3.8) is 0 Å². The van der Waals surface area contributed by atoms with Gasteiger partial charge in [0.25, 0.3) is 0 Å². The van der Waals surface area contributed by atoms with E-state index in [0.29, 0.717) is 23.3 Å². The van der Waals surface area contributed by atoms with Crippen LogP contribution < -0.4 is 4.74 Å². The van der Waals surface area contributed by atoms with Gasteiger partial charge in [0.2, 0.25) is 0 Å². The van der Waals surface area contributed by atoms with Gasteiger partial charge >= 0.3 is 5.23 Å². The van der Waals surface area contributed by atoms with E-state index in [2.05, 4.69) is 29.4 Å². The van der Waals surface area contributed by atoms with Gasteiger partial charge < -0.3 is 9.64 Å². The zero-order valence-corrected chi connectivity index (χ0v) is 16.3. The van der Waals surface area contributed by atoms with Crippen LogP contribution in [0.25, 0.3) is 0 Å². The fraction of sp³-hybridized carbons (Fsp3) is 0.300. The Balaban J connectivity index is 2.10. The number of hydrogen-bond donors (Lipinski definition) is 1. The third kappa shape index (κ3) is 5.68. The largest absolute Gasteiger partial charge is 0.414 e. The quantitative estimate of drug-likeness (QED) is 0.479. The minimum absolute atomic E-state index is 0.0629. The zero-order chi connectivity index (χ0) is 19.1. The van der Waals surface area contributed by atoms with Gasteiger partial charge in [0.1, 0.15) is 11.6 Å². The highest BCUT2D eigenvalue weighted by Crippen LogP contribution is 2.23. The number of benzene rings is 2. The highest BCUT2D eigenvalue weighted by atomic mass is 32.1. The Morgan fingerprint density at radius 3 is 2.62 bits per heavy atom. The topological polar surface area (TPSA) is 48.7 Å². The van der Waals surface area contributed by atoms with Gasteiger partial charge in [-0.2, -0.15) is 0 Å². The molecule has 0 atom stereocenters. The van der Waals surface area contributed by atoms with Gasteiger partial charge in [-0.3, -0.25) is 5.41 Å². The maximum Gasteiger partial charge on any atom is 0.414 e. The van der Waals surface area contributed by atoms with Gasteiger partial charge in [-0.1, -0.05) is 37.3 Å². The predicted molar refractivity (Wildman–Crippen MR) is 110 cm³/mol. The third-order valence-electron chi connectivity index (χ3n) is 4.11. The molecule has 6 heteroatoms. The van der Waals surface area contributed by atoms with Crippen molar-refractivity contribution >= 4 is 23.7 Å². The number of aliphatic imine (C=N–C) groups is 1. The lowest BCUT2D eigenvalue weighted by Crippen LogP contribution is -2.20. The molecule has 0 spiro atoms. The fourth-order valence-electron chi connectivity index (χ4n) is 2.38. The molecular formula is C20H25FN3OS+. The van der Waals surface area contributed by atoms with Crippen molar-refractivity contribution in [2.75, 3.05) is 20.1 Å². The number of ether oxygens (including phenoxy) is 1. The number of nitrogens with one attached hydrogen (secondary N) is 1. The molecule has 1 N–H and O–H groups in total. The number of aryl methyl sites for hydroxylation is 1. The van der Waals surface area contributed by atoms with Gasteiger partial charge in [-0.15, -0.1) is 4.99 Å². The molecule has 0 fully saturated rings. The summed E-state index contributed by atoms with van der Waals surface area (Å²) in [4.78, 5) is 6.20. The Morgan fingerprint density at radius 1 is 1.27 bits per heavy atom. The Morgan fingerprint density at radius 2 is 1.96 bits per heavy atom. The molecule has 2 aromatic carbocycles. The summed E-state index contributed by atoms with van der Waals surface area (Å²) in [5, 5.41) is 8.10. The lowest BCUT2D eigenvalue weighted by molar-refractivity contribution is 0.355. The molecule has 0 heterocycles. The van der Waals surface area contributed by atoms with Crippen molar-refractivity contribution in [1.29, 1.82) is 5.41 Å². The average molecular weight is 375 g/mol. The van der Waals surface area contributed by atoms with E-state index in [9.17, 15) is 4.39 Å². The number of amidine groups is 1. The minimum Gasteiger partial charge on any atom is -0.402 e. The van der Waals surface area contributed by atoms with Crippen LogP contribution in [0.1, 0.15) is 23.6 Å². The van der Waals surface area contributed by atoms with Crippen LogP contribution in [0.5, 0.6) is 5.75 Å². The van der Waals surface area contributed by atoms with Crippen molar-refractivity contribution in [1.82, 2.24) is 4.90 Å². The Kier molecular flexibility index (Phi) is 7.36. The molecule has 0 radical (unpaired) electrons. The van der Waals surface area contributed by atoms with Crippen molar-refractivity contribution in [2.24, 2.45) is 4.99 Å². The smallest absolute Gasteiger partial charge is 0.402 e. The van der Waals surface area contributed by atoms with Crippen molar-refractivity contribution in [3.8, 4) is 5.75 Å². The highest BCUT2D eigenvalue weighted by Gasteiger charge is 2.13. The predicted octanol–water partition coefficient (Wildman–Crippen LogP) is 3.40. The van der Waals surface area contributed by atoms with Gasteiger partial charge in [0, 0.05) is 18.2 Å². The summed E-state index contributed by atoms with van der Waals surface area (Å²) in [6, 6.07) is 12.3. The first kappa shape index (κ1) is 20.1. The van der Waals surface area contributed by atoms with Crippen molar-refractivity contribution in [3.05, 3.63) is 65.0 Å². The first-order valence-electron chi connectivity index (χ1n) is 8.50. The van der Waals surface area contributed by atoms with Gasteiger partial charge in [-0.25, -0.2) is 4.39 Å². The molecular weight excluding hydrogens is 349 g/mol. The van der Waals surface area contributed by atoms with Crippen molar-refractivity contribution < 1.29 is 9.13 Å². The number of likely N-dealkylation sites (N-methyl/N-ethyl adjacent to an activating group) is 1. The van der Waals surface area contributed by atoms with E-state index in [1.807, 2.05) is 32.2 Å². The minimum atomic E-state index is -0.298. The van der Waals surface area contributed by atoms with E-state index in [0.717, 1.165) is 18.7 Å². The first-order chi connectivity index (χ1) is 12.4. The maximum absolute atomic E-state index is 14.4. The molecule has 0 aliphatic rings. The van der Waals surface area contributed by atoms with Crippen molar-refractivity contribution in [2.45, 2.75) is 20.3 Å². The molecule has 0 bridgehead atoms. The van der Waals surface area contributed by atoms with E-state index >= 15 is 0 Å². The molecule has 4 nitrogen and oxygen atoms in total. The molecule has 0 saturated carbocycles. The zero-order valence-electron chi connectivity index (χ0n) is 15.3. The van der Waals surface area contributed by atoms with Gasteiger partial charge in [-0.05, 0) is 44.1 Å². The summed E-state index contributed by atoms with van der Waals surface area (Å²) >= 11 is 3.26. The van der Waals surface area contributed by atoms with Crippen LogP contribution in [0.15, 0.2) is 47.5 Å². The first-order valence-corrected chi connectivity index (χ1v) is 9.00. The lowest BCUT2D eigenvalue weighted by atomic mass is 10.1. The Labute approximate surface area is 159 Å². The monoisotopic (exact) mass is 374 g/mol. The standard InChI is InChI=1S/C20H24FN3OS/c1-4-24(3)11-10-16-12-14(2)18(13-17(16)21)25-20(26)23-19(22)15-8-6-5-7-9-15/h5-9,12-13H,4,10-11H2,1-3H3,(H2,22,23,26)/p+1. The number of hydrogen-bond acceptors (Lipinski definition) is 3. The highest BCUT2D eigenvalue weighted by molar-refractivity contribution is 7.77. The lowest BCUT2D eigenvalue weighted by Gasteiger charge is -2.15. The summed E-state index contributed by atoms with van der Waals surface area (Å²) in [5.41, 5.74) is 2.16. The Hall–Kier alpha value is -2.18. The molecule has 26 heavy (non-hydrogen) atoms. The van der Waals surface area contributed by atoms with Crippen LogP contribution in [0, 0.1) is 18.2 Å². The SMILES string of the molecule is CCN(C)CCc1cc(C)c(OC([SH2+])=NC(=N)c2ccccc2)cc1F. The maximum atomic E-state index is 14.4. The fourth-order valence-corrected chi connectivity index (χ4v) is 2.60. The van der Waals surface area contributed by atoms with E-state index in [1.54, 1.807) is 18.2 Å². The van der Waals surface area contributed by atoms with Crippen LogP contribution in [0.3, 0.4) is 0 Å². The molecule has 0 saturated heterocycles. The van der Waals surface area contributed by atoms with Crippen LogP contribution in [-0.4, -0.2) is 36.1 Å². The summed E-state index contributed by atoms with van der Waals surface area (Å²) in [5.74, 6) is 0.144. The summed E-state index contributed by atoms with van der Waals surface area (Å²) in [7, 11) is 2.01. The van der Waals surface area contributed by atoms with Crippen LogP contribution in [0.4, 0.5) is 4.39 Å². The van der Waals surface area contributed by atoms with E-state index < -0.39 is 0 Å². The molecule has 0 aliphatic carbocycles. The van der Waals surface area contributed by atoms with Gasteiger partial charge in [0.05, 0.1) is 12.6 Å². The second-order valence-electron chi connectivity index (χ2n) is 6.09. The van der Waals surface area contributed by atoms with E-state index in [4.69, 9.17) is 10.1 Å². The molecule has 0 amide bonds. The second kappa shape index (κ2) is 9.50. The average Bonchev–Trinajstić information content (AvgIpc) is 2.63. The van der Waals surface area contributed by atoms with E-state index in [1.165, 1.54) is 6.07 Å². The Bertz CT molecular complexity index is 793. The summed E-state index contributed by atoms with van der Waals surface area (Å²) < 4.78 is 20.0. The molecule has 0 unspecified atom stereocenters. The summed E-state index contributed by atoms with van der Waals surface area (Å²) in [6.07, 6.45) is 0.644. The molecule has 2 rings (SSSR count).